The molecule has 0 radical (unpaired) electrons. The van der Waals surface area contributed by atoms with Crippen LogP contribution in [0.2, 0.25) is 0 Å². The zero-order chi connectivity index (χ0) is 28.0. The van der Waals surface area contributed by atoms with Crippen LogP contribution >= 0.6 is 0 Å². The number of anilines is 1. The van der Waals surface area contributed by atoms with Crippen molar-refractivity contribution in [1.29, 1.82) is 0 Å². The van der Waals surface area contributed by atoms with E-state index in [2.05, 4.69) is 0 Å². The fourth-order valence-electron chi connectivity index (χ4n) is 3.17. The molecule has 2 rings (SSSR count). The first-order valence-electron chi connectivity index (χ1n) is 11.4. The Bertz CT molecular complexity index is 1130. The number of methoxy groups -OCH3 is 4. The van der Waals surface area contributed by atoms with Crippen LogP contribution in [0.1, 0.15) is 30.4 Å². The summed E-state index contributed by atoms with van der Waals surface area (Å²) in [5.41, 5.74) is 22.8. The molecule has 8 N–H and O–H groups in total. The number of rotatable bonds is 13. The molecular weight excluding hydrogens is 500 g/mol. The van der Waals surface area contributed by atoms with Gasteiger partial charge in [0.05, 0.1) is 51.5 Å². The molecule has 0 bridgehead atoms. The molecule has 2 aromatic carbocycles. The monoisotopic (exact) mass is 538 g/mol. The van der Waals surface area contributed by atoms with E-state index in [9.17, 15) is 13.2 Å². The average Bonchev–Trinajstić information content (AvgIpc) is 2.87. The number of amides is 1. The molecule has 11 nitrogen and oxygen atoms in total. The standard InChI is InChI=1S/C19H23NO6S.C6H15N3O/c1-23-14-10-18(25-3)15(19(11-14)26-4)7-8-27(21,22)12-13-5-6-17(24-2)16(20)9-13;7-4-2-1-3-5(8)6(9)10/h5-11H,12,20H2,1-4H3;5H,1-4,7-8H2,(H2,9,10)/b8-7+;/t;5-/m.0/s1. The van der Waals surface area contributed by atoms with Gasteiger partial charge in [0.1, 0.15) is 23.0 Å². The van der Waals surface area contributed by atoms with E-state index in [0.717, 1.165) is 18.2 Å². The van der Waals surface area contributed by atoms with Gasteiger partial charge in [-0.25, -0.2) is 8.42 Å². The lowest BCUT2D eigenvalue weighted by Crippen LogP contribution is -2.36. The predicted octanol–water partition coefficient (Wildman–Crippen LogP) is 1.82. The van der Waals surface area contributed by atoms with E-state index in [-0.39, 0.29) is 5.75 Å². The minimum absolute atomic E-state index is 0.196. The average molecular weight is 539 g/mol. The summed E-state index contributed by atoms with van der Waals surface area (Å²) >= 11 is 0. The molecule has 37 heavy (non-hydrogen) atoms. The third kappa shape index (κ3) is 10.6. The molecule has 1 amide bonds. The highest BCUT2D eigenvalue weighted by atomic mass is 32.2. The van der Waals surface area contributed by atoms with Crippen molar-refractivity contribution in [1.82, 2.24) is 0 Å². The number of hydrogen-bond donors (Lipinski definition) is 4. The molecule has 0 spiro atoms. The van der Waals surface area contributed by atoms with Gasteiger partial charge >= 0.3 is 0 Å². The van der Waals surface area contributed by atoms with Crippen LogP contribution in [0.4, 0.5) is 5.69 Å². The first kappa shape index (κ1) is 31.5. The molecule has 0 saturated heterocycles. The minimum Gasteiger partial charge on any atom is -0.496 e. The summed E-state index contributed by atoms with van der Waals surface area (Å²) in [5, 5.41) is 1.13. The van der Waals surface area contributed by atoms with Crippen LogP contribution in [0.3, 0.4) is 0 Å². The van der Waals surface area contributed by atoms with Gasteiger partial charge in [-0.3, -0.25) is 4.79 Å². The molecule has 0 aliphatic rings. The number of carbonyl (C=O) groups is 1. The van der Waals surface area contributed by atoms with Gasteiger partial charge in [-0.1, -0.05) is 12.5 Å². The topological polar surface area (TPSA) is 192 Å². The predicted molar refractivity (Wildman–Crippen MR) is 145 cm³/mol. The van der Waals surface area contributed by atoms with Crippen LogP contribution in [0.25, 0.3) is 6.08 Å². The summed E-state index contributed by atoms with van der Waals surface area (Å²) in [6.07, 6.45) is 3.87. The highest BCUT2D eigenvalue weighted by molar-refractivity contribution is 7.93. The smallest absolute Gasteiger partial charge is 0.234 e. The van der Waals surface area contributed by atoms with E-state index in [1.807, 2.05) is 0 Å². The maximum absolute atomic E-state index is 12.5. The van der Waals surface area contributed by atoms with Crippen molar-refractivity contribution < 1.29 is 32.2 Å². The Kier molecular flexibility index (Phi) is 13.3. The Morgan fingerprint density at radius 1 is 0.946 bits per heavy atom. The van der Waals surface area contributed by atoms with Crippen molar-refractivity contribution in [3.63, 3.8) is 0 Å². The van der Waals surface area contributed by atoms with E-state index >= 15 is 0 Å². The highest BCUT2D eigenvalue weighted by Gasteiger charge is 2.14. The van der Waals surface area contributed by atoms with Crippen molar-refractivity contribution in [2.75, 3.05) is 40.7 Å². The lowest BCUT2D eigenvalue weighted by molar-refractivity contribution is -0.119. The lowest BCUT2D eigenvalue weighted by Gasteiger charge is -2.12. The molecule has 2 aromatic rings. The normalized spacial score (nSPS) is 11.8. The van der Waals surface area contributed by atoms with Gasteiger partial charge in [0.25, 0.3) is 0 Å². The molecule has 0 fully saturated rings. The minimum atomic E-state index is -3.55. The molecule has 0 saturated carbocycles. The van der Waals surface area contributed by atoms with E-state index < -0.39 is 21.8 Å². The van der Waals surface area contributed by atoms with Crippen LogP contribution in [-0.2, 0) is 20.4 Å². The third-order valence-corrected chi connectivity index (χ3v) is 6.48. The Balaban J connectivity index is 0.000000580. The molecule has 206 valence electrons. The zero-order valence-corrected chi connectivity index (χ0v) is 22.5. The summed E-state index contributed by atoms with van der Waals surface area (Å²) in [6, 6.07) is 7.69. The number of unbranched alkanes of at least 4 members (excludes halogenated alkanes) is 1. The van der Waals surface area contributed by atoms with Crippen molar-refractivity contribution >= 4 is 27.5 Å². The summed E-state index contributed by atoms with van der Waals surface area (Å²) in [7, 11) is 2.44. The molecule has 0 heterocycles. The van der Waals surface area contributed by atoms with E-state index in [1.165, 1.54) is 34.5 Å². The molecule has 0 aliphatic carbocycles. The van der Waals surface area contributed by atoms with Crippen molar-refractivity contribution in [3.8, 4) is 23.0 Å². The molecular formula is C25H38N4O7S. The van der Waals surface area contributed by atoms with Gasteiger partial charge < -0.3 is 41.9 Å². The highest BCUT2D eigenvalue weighted by Crippen LogP contribution is 2.35. The Morgan fingerprint density at radius 3 is 2.00 bits per heavy atom. The van der Waals surface area contributed by atoms with Gasteiger partial charge in [0, 0.05) is 17.5 Å². The van der Waals surface area contributed by atoms with Crippen molar-refractivity contribution in [2.45, 2.75) is 31.1 Å². The molecule has 0 unspecified atom stereocenters. The van der Waals surface area contributed by atoms with Crippen LogP contribution in [0.5, 0.6) is 23.0 Å². The second kappa shape index (κ2) is 15.6. The fraction of sp³-hybridized carbons (Fsp3) is 0.400. The Morgan fingerprint density at radius 2 is 1.54 bits per heavy atom. The number of sulfone groups is 1. The number of nitrogens with two attached hydrogens (primary N) is 4. The largest absolute Gasteiger partial charge is 0.496 e. The van der Waals surface area contributed by atoms with Crippen molar-refractivity contribution in [2.24, 2.45) is 17.2 Å². The second-order valence-corrected chi connectivity index (χ2v) is 9.81. The summed E-state index contributed by atoms with van der Waals surface area (Å²) < 4.78 is 45.9. The number of hydrogen-bond acceptors (Lipinski definition) is 10. The second-order valence-electron chi connectivity index (χ2n) is 7.93. The number of carbonyl (C=O) groups excluding carboxylic acids is 1. The molecule has 0 aromatic heterocycles. The van der Waals surface area contributed by atoms with Crippen LogP contribution in [-0.4, -0.2) is 55.4 Å². The molecule has 0 aliphatic heterocycles. The number of ether oxygens (including phenoxy) is 4. The van der Waals surface area contributed by atoms with E-state index in [1.54, 1.807) is 30.3 Å². The first-order chi connectivity index (χ1) is 17.5. The van der Waals surface area contributed by atoms with E-state index in [0.29, 0.717) is 52.8 Å². The van der Waals surface area contributed by atoms with Gasteiger partial charge in [0.2, 0.25) is 5.91 Å². The Hall–Kier alpha value is -3.48. The van der Waals surface area contributed by atoms with Crippen LogP contribution < -0.4 is 41.9 Å². The lowest BCUT2D eigenvalue weighted by atomic mass is 10.1. The van der Waals surface area contributed by atoms with Crippen molar-refractivity contribution in [3.05, 3.63) is 46.9 Å². The fourth-order valence-corrected chi connectivity index (χ4v) is 4.26. The number of benzene rings is 2. The van der Waals surface area contributed by atoms with Crippen LogP contribution in [0.15, 0.2) is 35.7 Å². The Labute approximate surface area is 218 Å². The van der Waals surface area contributed by atoms with Gasteiger partial charge in [-0.05, 0) is 43.2 Å². The van der Waals surface area contributed by atoms with E-state index in [4.69, 9.17) is 41.9 Å². The van der Waals surface area contributed by atoms with Gasteiger partial charge in [-0.15, -0.1) is 0 Å². The number of nitrogen functional groups attached to an aromatic ring is 1. The quantitative estimate of drug-likeness (QED) is 0.216. The zero-order valence-electron chi connectivity index (χ0n) is 21.7. The summed E-state index contributed by atoms with van der Waals surface area (Å²) in [6.45, 7) is 0.644. The van der Waals surface area contributed by atoms with Crippen LogP contribution in [0, 0.1) is 0 Å². The molecule has 12 heteroatoms. The van der Waals surface area contributed by atoms with Gasteiger partial charge in [-0.2, -0.15) is 0 Å². The first-order valence-corrected chi connectivity index (χ1v) is 13.1. The SMILES string of the molecule is COc1cc(OC)c(/C=C/S(=O)(=O)Cc2ccc(OC)c(N)c2)c(OC)c1.NCCCC[C@H](N)C(N)=O. The summed E-state index contributed by atoms with van der Waals surface area (Å²) in [4.78, 5) is 10.4. The maximum atomic E-state index is 12.5. The maximum Gasteiger partial charge on any atom is 0.234 e. The number of primary amides is 1. The van der Waals surface area contributed by atoms with Gasteiger partial charge in [0.15, 0.2) is 9.84 Å². The summed E-state index contributed by atoms with van der Waals surface area (Å²) in [5.74, 6) is 1.28. The third-order valence-electron chi connectivity index (χ3n) is 5.19. The molecule has 1 atom stereocenters.